The Morgan fingerprint density at radius 2 is 1.73 bits per heavy atom. The van der Waals surface area contributed by atoms with E-state index in [0.29, 0.717) is 11.6 Å². The number of rotatable bonds is 6. The highest BCUT2D eigenvalue weighted by molar-refractivity contribution is 7.99. The van der Waals surface area contributed by atoms with Crippen molar-refractivity contribution in [3.63, 3.8) is 0 Å². The Bertz CT molecular complexity index is 725. The molecule has 0 fully saturated rings. The molecule has 1 unspecified atom stereocenters. The Labute approximate surface area is 137 Å². The third-order valence-electron chi connectivity index (χ3n) is 3.72. The smallest absolute Gasteiger partial charge is 0.261 e. The van der Waals surface area contributed by atoms with Gasteiger partial charge in [0.25, 0.3) is 10.0 Å². The molecule has 0 aliphatic heterocycles. The number of sulfonamides is 1. The van der Waals surface area contributed by atoms with E-state index in [0.717, 1.165) is 16.9 Å². The van der Waals surface area contributed by atoms with Crippen LogP contribution in [0.3, 0.4) is 0 Å². The lowest BCUT2D eigenvalue weighted by Crippen LogP contribution is -2.13. The molecule has 1 atom stereocenters. The van der Waals surface area contributed by atoms with Crippen LogP contribution in [0.15, 0.2) is 58.3 Å². The molecule has 0 aliphatic rings. The molecule has 3 nitrogen and oxygen atoms in total. The Morgan fingerprint density at radius 1 is 1.09 bits per heavy atom. The summed E-state index contributed by atoms with van der Waals surface area (Å²) >= 11 is 1.51. The molecule has 0 radical (unpaired) electrons. The van der Waals surface area contributed by atoms with Gasteiger partial charge in [0.1, 0.15) is 0 Å². The van der Waals surface area contributed by atoms with Crippen LogP contribution in [-0.2, 0) is 10.0 Å². The molecule has 0 aromatic heterocycles. The van der Waals surface area contributed by atoms with Crippen LogP contribution in [-0.4, -0.2) is 14.7 Å². The quantitative estimate of drug-likeness (QED) is 0.777. The number of thioether (sulfide) groups is 1. The Hall–Kier alpha value is -1.46. The SMILES string of the molecule is CCC(C)c1ccc(S(=O)(=O)Nc2ccccc2SC)cc1. The molecular formula is C17H21NO2S2. The van der Waals surface area contributed by atoms with Crippen molar-refractivity contribution in [3.05, 3.63) is 54.1 Å². The summed E-state index contributed by atoms with van der Waals surface area (Å²) in [4.78, 5) is 1.19. The molecule has 0 aliphatic carbocycles. The van der Waals surface area contributed by atoms with E-state index in [1.165, 1.54) is 11.8 Å². The normalized spacial score (nSPS) is 12.9. The van der Waals surface area contributed by atoms with Crippen molar-refractivity contribution in [2.24, 2.45) is 0 Å². The third-order valence-corrected chi connectivity index (χ3v) is 5.90. The highest BCUT2D eigenvalue weighted by Gasteiger charge is 2.16. The minimum Gasteiger partial charge on any atom is -0.278 e. The van der Waals surface area contributed by atoms with Crippen molar-refractivity contribution in [2.75, 3.05) is 11.0 Å². The fourth-order valence-corrected chi connectivity index (χ4v) is 3.84. The lowest BCUT2D eigenvalue weighted by molar-refractivity contribution is 0.601. The van der Waals surface area contributed by atoms with Gasteiger partial charge in [0, 0.05) is 4.90 Å². The van der Waals surface area contributed by atoms with Gasteiger partial charge in [0.2, 0.25) is 0 Å². The van der Waals surface area contributed by atoms with Gasteiger partial charge in [-0.1, -0.05) is 38.1 Å². The van der Waals surface area contributed by atoms with E-state index in [1.54, 1.807) is 18.2 Å². The summed E-state index contributed by atoms with van der Waals surface area (Å²) in [6.07, 6.45) is 2.96. The second-order valence-corrected chi connectivity index (χ2v) is 7.71. The van der Waals surface area contributed by atoms with Crippen molar-refractivity contribution in [2.45, 2.75) is 36.0 Å². The number of hydrogen-bond donors (Lipinski definition) is 1. The number of benzene rings is 2. The van der Waals surface area contributed by atoms with Crippen LogP contribution in [0.2, 0.25) is 0 Å². The molecular weight excluding hydrogens is 314 g/mol. The number of hydrogen-bond acceptors (Lipinski definition) is 3. The molecule has 0 heterocycles. The van der Waals surface area contributed by atoms with E-state index in [4.69, 9.17) is 0 Å². The summed E-state index contributed by atoms with van der Waals surface area (Å²) < 4.78 is 27.7. The predicted molar refractivity (Wildman–Crippen MR) is 94.2 cm³/mol. The zero-order chi connectivity index (χ0) is 16.2. The van der Waals surface area contributed by atoms with Gasteiger partial charge in [0.15, 0.2) is 0 Å². The summed E-state index contributed by atoms with van der Waals surface area (Å²) in [5, 5.41) is 0. The minimum atomic E-state index is -3.56. The molecule has 0 spiro atoms. The molecule has 0 saturated heterocycles. The van der Waals surface area contributed by atoms with Crippen LogP contribution in [0.4, 0.5) is 5.69 Å². The third kappa shape index (κ3) is 3.84. The van der Waals surface area contributed by atoms with Crippen molar-refractivity contribution in [3.8, 4) is 0 Å². The first-order chi connectivity index (χ1) is 10.5. The van der Waals surface area contributed by atoms with Gasteiger partial charge >= 0.3 is 0 Å². The van der Waals surface area contributed by atoms with Gasteiger partial charge in [-0.3, -0.25) is 4.72 Å². The Morgan fingerprint density at radius 3 is 2.32 bits per heavy atom. The predicted octanol–water partition coefficient (Wildman–Crippen LogP) is 4.72. The highest BCUT2D eigenvalue weighted by atomic mass is 32.2. The number of nitrogens with one attached hydrogen (secondary N) is 1. The van der Waals surface area contributed by atoms with Crippen LogP contribution in [0, 0.1) is 0 Å². The van der Waals surface area contributed by atoms with Crippen molar-refractivity contribution in [1.29, 1.82) is 0 Å². The van der Waals surface area contributed by atoms with E-state index < -0.39 is 10.0 Å². The minimum absolute atomic E-state index is 0.287. The molecule has 2 aromatic rings. The van der Waals surface area contributed by atoms with E-state index in [1.807, 2.05) is 36.6 Å². The van der Waals surface area contributed by atoms with Crippen molar-refractivity contribution >= 4 is 27.5 Å². The van der Waals surface area contributed by atoms with Crippen LogP contribution in [0.25, 0.3) is 0 Å². The standard InChI is InChI=1S/C17H21NO2S2/c1-4-13(2)14-9-11-15(12-10-14)22(19,20)18-16-7-5-6-8-17(16)21-3/h5-13,18H,4H2,1-3H3. The van der Waals surface area contributed by atoms with Crippen LogP contribution in [0.5, 0.6) is 0 Å². The van der Waals surface area contributed by atoms with Gasteiger partial charge in [-0.05, 0) is 48.4 Å². The second-order valence-electron chi connectivity index (χ2n) is 5.18. The Kier molecular flexibility index (Phi) is 5.53. The van der Waals surface area contributed by atoms with E-state index in [2.05, 4.69) is 18.6 Å². The van der Waals surface area contributed by atoms with Gasteiger partial charge < -0.3 is 0 Å². The average Bonchev–Trinajstić information content (AvgIpc) is 2.54. The summed E-state index contributed by atoms with van der Waals surface area (Å²) in [5.74, 6) is 0.432. The lowest BCUT2D eigenvalue weighted by atomic mass is 9.99. The topological polar surface area (TPSA) is 46.2 Å². The maximum atomic E-state index is 12.5. The van der Waals surface area contributed by atoms with Crippen molar-refractivity contribution < 1.29 is 8.42 Å². The highest BCUT2D eigenvalue weighted by Crippen LogP contribution is 2.27. The summed E-state index contributed by atoms with van der Waals surface area (Å²) in [7, 11) is -3.56. The fraction of sp³-hybridized carbons (Fsp3) is 0.294. The van der Waals surface area contributed by atoms with Gasteiger partial charge in [-0.2, -0.15) is 0 Å². The molecule has 2 aromatic carbocycles. The van der Waals surface area contributed by atoms with Crippen LogP contribution in [0.1, 0.15) is 31.7 Å². The van der Waals surface area contributed by atoms with Gasteiger partial charge in [0.05, 0.1) is 10.6 Å². The maximum absolute atomic E-state index is 12.5. The molecule has 2 rings (SSSR count). The Balaban J connectivity index is 2.27. The lowest BCUT2D eigenvalue weighted by Gasteiger charge is -2.13. The fourth-order valence-electron chi connectivity index (χ4n) is 2.14. The monoisotopic (exact) mass is 335 g/mol. The van der Waals surface area contributed by atoms with Gasteiger partial charge in [-0.25, -0.2) is 8.42 Å². The molecule has 118 valence electrons. The first-order valence-corrected chi connectivity index (χ1v) is 9.94. The molecule has 0 saturated carbocycles. The van der Waals surface area contributed by atoms with Crippen LogP contribution >= 0.6 is 11.8 Å². The molecule has 22 heavy (non-hydrogen) atoms. The summed E-state index contributed by atoms with van der Waals surface area (Å²) in [6.45, 7) is 4.26. The van der Waals surface area contributed by atoms with Crippen LogP contribution < -0.4 is 4.72 Å². The zero-order valence-corrected chi connectivity index (χ0v) is 14.7. The van der Waals surface area contributed by atoms with E-state index >= 15 is 0 Å². The summed E-state index contributed by atoms with van der Waals surface area (Å²) in [5.41, 5.74) is 1.77. The van der Waals surface area contributed by atoms with Gasteiger partial charge in [-0.15, -0.1) is 11.8 Å². The first kappa shape index (κ1) is 16.9. The molecule has 0 bridgehead atoms. The number of para-hydroxylation sites is 1. The molecule has 1 N–H and O–H groups in total. The molecule has 5 heteroatoms. The first-order valence-electron chi connectivity index (χ1n) is 7.23. The largest absolute Gasteiger partial charge is 0.278 e. The number of anilines is 1. The van der Waals surface area contributed by atoms with Crippen molar-refractivity contribution in [1.82, 2.24) is 0 Å². The van der Waals surface area contributed by atoms with E-state index in [9.17, 15) is 8.42 Å². The summed E-state index contributed by atoms with van der Waals surface area (Å²) in [6, 6.07) is 14.5. The second kappa shape index (κ2) is 7.20. The molecule has 0 amide bonds. The van der Waals surface area contributed by atoms with E-state index in [-0.39, 0.29) is 4.90 Å². The average molecular weight is 335 g/mol. The zero-order valence-electron chi connectivity index (χ0n) is 13.0. The maximum Gasteiger partial charge on any atom is 0.261 e.